The summed E-state index contributed by atoms with van der Waals surface area (Å²) in [6.45, 7) is -0.107. The van der Waals surface area contributed by atoms with Gasteiger partial charge in [-0.1, -0.05) is 0 Å². The number of rotatable bonds is 5. The molecule has 0 rings (SSSR count). The normalized spacial score (nSPS) is 14.1. The van der Waals surface area contributed by atoms with Gasteiger partial charge >= 0.3 is 0 Å². The zero-order valence-corrected chi connectivity index (χ0v) is 5.86. The van der Waals surface area contributed by atoms with Crippen molar-refractivity contribution in [2.45, 2.75) is 6.23 Å². The Balaban J connectivity index is 3.53. The van der Waals surface area contributed by atoms with Crippen LogP contribution in [0.25, 0.3) is 0 Å². The van der Waals surface area contributed by atoms with Crippen LogP contribution in [0.3, 0.4) is 0 Å². The molecule has 0 heterocycles. The first-order valence-electron chi connectivity index (χ1n) is 2.96. The van der Waals surface area contributed by atoms with Crippen molar-refractivity contribution in [3.05, 3.63) is 0 Å². The highest BCUT2D eigenvalue weighted by atomic mass is 17.1. The Morgan fingerprint density at radius 3 is 2.50 bits per heavy atom. The zero-order chi connectivity index (χ0) is 7.98. The van der Waals surface area contributed by atoms with E-state index in [9.17, 15) is 5.26 Å². The molecule has 1 atom stereocenters. The SMILES string of the molecule is CN(CCO)C(CO)O[O]. The Labute approximate surface area is 59.4 Å². The first kappa shape index (κ1) is 9.80. The highest BCUT2D eigenvalue weighted by Crippen LogP contribution is 1.94. The average molecular weight is 150 g/mol. The summed E-state index contributed by atoms with van der Waals surface area (Å²) in [7, 11) is 1.58. The van der Waals surface area contributed by atoms with Crippen molar-refractivity contribution < 1.29 is 20.4 Å². The maximum atomic E-state index is 9.79. The topological polar surface area (TPSA) is 72.8 Å². The summed E-state index contributed by atoms with van der Waals surface area (Å²) >= 11 is 0. The molecule has 10 heavy (non-hydrogen) atoms. The fourth-order valence-electron chi connectivity index (χ4n) is 0.545. The summed E-state index contributed by atoms with van der Waals surface area (Å²) in [5, 5.41) is 26.7. The Morgan fingerprint density at radius 2 is 2.20 bits per heavy atom. The van der Waals surface area contributed by atoms with Crippen LogP contribution in [0, 0.1) is 0 Å². The number of aliphatic hydroxyl groups excluding tert-OH is 2. The second-order valence-corrected chi connectivity index (χ2v) is 1.94. The molecule has 1 unspecified atom stereocenters. The Kier molecular flexibility index (Phi) is 5.46. The molecule has 1 radical (unpaired) electrons. The molecule has 0 bridgehead atoms. The first-order chi connectivity index (χ1) is 4.76. The van der Waals surface area contributed by atoms with Gasteiger partial charge in [0.05, 0.1) is 13.2 Å². The number of likely N-dealkylation sites (N-methyl/N-ethyl adjacent to an activating group) is 1. The fourth-order valence-corrected chi connectivity index (χ4v) is 0.545. The lowest BCUT2D eigenvalue weighted by atomic mass is 10.5. The third-order valence-corrected chi connectivity index (χ3v) is 1.21. The van der Waals surface area contributed by atoms with Crippen molar-refractivity contribution >= 4 is 0 Å². The summed E-state index contributed by atoms with van der Waals surface area (Å²) in [6, 6.07) is 0. The van der Waals surface area contributed by atoms with Crippen LogP contribution in [0.15, 0.2) is 0 Å². The van der Waals surface area contributed by atoms with Gasteiger partial charge in [-0.25, -0.2) is 0 Å². The number of nitrogens with zero attached hydrogens (tertiary/aromatic N) is 1. The summed E-state index contributed by atoms with van der Waals surface area (Å²) in [4.78, 5) is 5.05. The molecule has 61 valence electrons. The van der Waals surface area contributed by atoms with Crippen LogP contribution in [0.1, 0.15) is 0 Å². The zero-order valence-electron chi connectivity index (χ0n) is 5.86. The van der Waals surface area contributed by atoms with Crippen molar-refractivity contribution in [1.82, 2.24) is 4.90 Å². The highest BCUT2D eigenvalue weighted by molar-refractivity contribution is 4.53. The molecule has 5 heteroatoms. The van der Waals surface area contributed by atoms with Gasteiger partial charge in [-0.3, -0.25) is 4.90 Å². The van der Waals surface area contributed by atoms with E-state index in [0.717, 1.165) is 0 Å². The number of hydrogen-bond acceptors (Lipinski definition) is 4. The van der Waals surface area contributed by atoms with E-state index in [4.69, 9.17) is 10.2 Å². The van der Waals surface area contributed by atoms with Gasteiger partial charge in [0.25, 0.3) is 0 Å². The van der Waals surface area contributed by atoms with E-state index in [1.807, 2.05) is 0 Å². The molecule has 0 aliphatic heterocycles. The van der Waals surface area contributed by atoms with Gasteiger partial charge in [0, 0.05) is 6.54 Å². The minimum atomic E-state index is -0.854. The molecule has 0 aromatic carbocycles. The Hall–Kier alpha value is -0.200. The molecular formula is C5H12NO4. The maximum absolute atomic E-state index is 9.79. The first-order valence-corrected chi connectivity index (χ1v) is 2.96. The van der Waals surface area contributed by atoms with Gasteiger partial charge in [-0.05, 0) is 12.3 Å². The van der Waals surface area contributed by atoms with Crippen LogP contribution in [-0.2, 0) is 10.1 Å². The van der Waals surface area contributed by atoms with Crippen LogP contribution in [0.5, 0.6) is 0 Å². The lowest BCUT2D eigenvalue weighted by molar-refractivity contribution is -0.365. The molecule has 0 amide bonds. The van der Waals surface area contributed by atoms with E-state index in [2.05, 4.69) is 4.89 Å². The van der Waals surface area contributed by atoms with E-state index in [1.165, 1.54) is 4.90 Å². The molecule has 0 aliphatic rings. The van der Waals surface area contributed by atoms with Crippen molar-refractivity contribution in [2.24, 2.45) is 0 Å². The van der Waals surface area contributed by atoms with Crippen molar-refractivity contribution in [2.75, 3.05) is 26.8 Å². The summed E-state index contributed by atoms with van der Waals surface area (Å²) in [6.07, 6.45) is -0.854. The molecule has 0 aromatic heterocycles. The van der Waals surface area contributed by atoms with E-state index < -0.39 is 6.23 Å². The monoisotopic (exact) mass is 150 g/mol. The maximum Gasteiger partial charge on any atom is 0.172 e. The molecule has 0 spiro atoms. The lowest BCUT2D eigenvalue weighted by Crippen LogP contribution is -2.37. The standard InChI is InChI=1S/C5H12NO4/c1-6(2-3-7)5(4-8)10-9/h5,7-8H,2-4H2,1H3. The summed E-state index contributed by atoms with van der Waals surface area (Å²) in [5.41, 5.74) is 0. The van der Waals surface area contributed by atoms with Gasteiger partial charge in [-0.15, -0.1) is 0 Å². The van der Waals surface area contributed by atoms with Crippen LogP contribution in [0.2, 0.25) is 0 Å². The van der Waals surface area contributed by atoms with Gasteiger partial charge in [-0.2, -0.15) is 4.89 Å². The van der Waals surface area contributed by atoms with Crippen molar-refractivity contribution in [3.8, 4) is 0 Å². The lowest BCUT2D eigenvalue weighted by Gasteiger charge is -2.20. The number of aliphatic hydroxyl groups is 2. The third kappa shape index (κ3) is 3.09. The third-order valence-electron chi connectivity index (χ3n) is 1.21. The highest BCUT2D eigenvalue weighted by Gasteiger charge is 2.13. The Bertz CT molecular complexity index is 76.0. The molecule has 5 nitrogen and oxygen atoms in total. The van der Waals surface area contributed by atoms with Crippen LogP contribution in [0.4, 0.5) is 0 Å². The van der Waals surface area contributed by atoms with E-state index in [1.54, 1.807) is 7.05 Å². The summed E-state index contributed by atoms with van der Waals surface area (Å²) in [5.74, 6) is 0. The van der Waals surface area contributed by atoms with Crippen molar-refractivity contribution in [3.63, 3.8) is 0 Å². The molecule has 0 saturated heterocycles. The molecule has 0 fully saturated rings. The van der Waals surface area contributed by atoms with Gasteiger partial charge in [0.2, 0.25) is 0 Å². The molecule has 0 saturated carbocycles. The second-order valence-electron chi connectivity index (χ2n) is 1.94. The van der Waals surface area contributed by atoms with Gasteiger partial charge in [0.15, 0.2) is 6.23 Å². The van der Waals surface area contributed by atoms with Crippen LogP contribution in [-0.4, -0.2) is 48.1 Å². The molecule has 0 aromatic rings. The van der Waals surface area contributed by atoms with Gasteiger partial charge < -0.3 is 10.2 Å². The molecule has 0 aliphatic carbocycles. The predicted octanol–water partition coefficient (Wildman–Crippen LogP) is -1.41. The minimum absolute atomic E-state index is 0.0592. The summed E-state index contributed by atoms with van der Waals surface area (Å²) < 4.78 is 0. The minimum Gasteiger partial charge on any atom is -0.395 e. The fraction of sp³-hybridized carbons (Fsp3) is 1.00. The smallest absolute Gasteiger partial charge is 0.172 e. The molecular weight excluding hydrogens is 138 g/mol. The predicted molar refractivity (Wildman–Crippen MR) is 32.4 cm³/mol. The van der Waals surface area contributed by atoms with E-state index >= 15 is 0 Å². The quantitative estimate of drug-likeness (QED) is 0.287. The molecule has 2 N–H and O–H groups in total. The van der Waals surface area contributed by atoms with Crippen molar-refractivity contribution in [1.29, 1.82) is 0 Å². The Morgan fingerprint density at radius 1 is 1.60 bits per heavy atom. The largest absolute Gasteiger partial charge is 0.395 e. The van der Waals surface area contributed by atoms with Gasteiger partial charge in [0.1, 0.15) is 0 Å². The van der Waals surface area contributed by atoms with E-state index in [-0.39, 0.29) is 13.2 Å². The van der Waals surface area contributed by atoms with Crippen LogP contribution >= 0.6 is 0 Å². The van der Waals surface area contributed by atoms with Crippen LogP contribution < -0.4 is 0 Å². The average Bonchev–Trinajstić information content (AvgIpc) is 1.91. The number of hydrogen-bond donors (Lipinski definition) is 2. The van der Waals surface area contributed by atoms with E-state index in [0.29, 0.717) is 6.54 Å². The second kappa shape index (κ2) is 5.57.